The highest BCUT2D eigenvalue weighted by atomic mass is 16.6. The molecule has 0 radical (unpaired) electrons. The molecule has 1 unspecified atom stereocenters. The average Bonchev–Trinajstić information content (AvgIpc) is 3.35. The van der Waals surface area contributed by atoms with Crippen molar-refractivity contribution in [3.63, 3.8) is 0 Å². The molecule has 11 heteroatoms. The monoisotopic (exact) mass is 468 g/mol. The molecule has 34 heavy (non-hydrogen) atoms. The van der Waals surface area contributed by atoms with Crippen molar-refractivity contribution in [3.05, 3.63) is 51.2 Å². The summed E-state index contributed by atoms with van der Waals surface area (Å²) in [5.41, 5.74) is 0.366. The number of nitriles is 1. The molecule has 0 aliphatic carbocycles. The van der Waals surface area contributed by atoms with Crippen LogP contribution in [0.25, 0.3) is 0 Å². The molecule has 1 aromatic carbocycles. The van der Waals surface area contributed by atoms with E-state index in [4.69, 9.17) is 4.74 Å². The third-order valence-corrected chi connectivity index (χ3v) is 6.86. The maximum absolute atomic E-state index is 13.1. The Kier molecular flexibility index (Phi) is 6.20. The number of rotatable bonds is 6. The van der Waals surface area contributed by atoms with Gasteiger partial charge < -0.3 is 14.7 Å². The number of nitro benzene ring substituents is 1. The van der Waals surface area contributed by atoms with Crippen LogP contribution in [0.1, 0.15) is 30.6 Å². The third-order valence-electron chi connectivity index (χ3n) is 6.86. The number of aliphatic hydroxyl groups excluding tert-OH is 1. The van der Waals surface area contributed by atoms with Crippen molar-refractivity contribution in [3.8, 4) is 6.07 Å². The molecule has 0 aromatic heterocycles. The predicted molar refractivity (Wildman–Crippen MR) is 116 cm³/mol. The van der Waals surface area contributed by atoms with Crippen LogP contribution < -0.4 is 0 Å². The van der Waals surface area contributed by atoms with E-state index in [0.717, 1.165) is 12.1 Å². The minimum Gasteiger partial charge on any atom is -0.393 e. The second-order valence-electron chi connectivity index (χ2n) is 8.96. The molecule has 1 aromatic rings. The first-order chi connectivity index (χ1) is 16.1. The summed E-state index contributed by atoms with van der Waals surface area (Å²) < 4.78 is 5.07. The molecule has 1 N–H and O–H groups in total. The van der Waals surface area contributed by atoms with E-state index in [0.29, 0.717) is 31.6 Å². The van der Waals surface area contributed by atoms with Gasteiger partial charge in [-0.15, -0.1) is 0 Å². The molecular formula is C23H24N4O7. The first kappa shape index (κ1) is 23.5. The molecule has 5 atom stereocenters. The fourth-order valence-electron chi connectivity index (χ4n) is 5.08. The molecule has 0 saturated carbocycles. The van der Waals surface area contributed by atoms with Gasteiger partial charge in [0.15, 0.2) is 0 Å². The summed E-state index contributed by atoms with van der Waals surface area (Å²) in [4.78, 5) is 52.0. The smallest absolute Gasteiger partial charge is 0.362 e. The number of carbonyl (C=O) groups is 3. The molecule has 2 saturated heterocycles. The van der Waals surface area contributed by atoms with Crippen LogP contribution in [0.15, 0.2) is 35.5 Å². The van der Waals surface area contributed by atoms with Crippen LogP contribution in [-0.2, 0) is 14.3 Å². The Morgan fingerprint density at radius 1 is 1.32 bits per heavy atom. The summed E-state index contributed by atoms with van der Waals surface area (Å²) in [5, 5.41) is 30.1. The fraction of sp³-hybridized carbons (Fsp3) is 0.478. The Hall–Kier alpha value is -3.62. The van der Waals surface area contributed by atoms with Crippen LogP contribution in [0.5, 0.6) is 0 Å². The van der Waals surface area contributed by atoms with Crippen molar-refractivity contribution < 1.29 is 29.2 Å². The van der Waals surface area contributed by atoms with Crippen LogP contribution in [-0.4, -0.2) is 69.5 Å². The Morgan fingerprint density at radius 2 is 2.00 bits per heavy atom. The van der Waals surface area contributed by atoms with Crippen LogP contribution >= 0.6 is 0 Å². The van der Waals surface area contributed by atoms with Gasteiger partial charge in [0.2, 0.25) is 5.91 Å². The molecule has 0 bridgehead atoms. The summed E-state index contributed by atoms with van der Waals surface area (Å²) >= 11 is 0. The lowest BCUT2D eigenvalue weighted by Crippen LogP contribution is -2.63. The molecule has 0 spiro atoms. The van der Waals surface area contributed by atoms with Gasteiger partial charge in [-0.25, -0.2) is 9.59 Å². The number of likely N-dealkylation sites (tertiary alicyclic amines) is 1. The number of nitro groups is 1. The van der Waals surface area contributed by atoms with Gasteiger partial charge in [0.05, 0.1) is 40.5 Å². The van der Waals surface area contributed by atoms with E-state index in [-0.39, 0.29) is 28.8 Å². The second kappa shape index (κ2) is 8.96. The zero-order valence-corrected chi connectivity index (χ0v) is 18.7. The van der Waals surface area contributed by atoms with Gasteiger partial charge in [-0.1, -0.05) is 6.92 Å². The zero-order valence-electron chi connectivity index (χ0n) is 18.7. The molecule has 1 amide bonds. The van der Waals surface area contributed by atoms with Crippen LogP contribution in [0.3, 0.4) is 0 Å². The van der Waals surface area contributed by atoms with Crippen molar-refractivity contribution in [1.29, 1.82) is 5.26 Å². The Balaban J connectivity index is 1.59. The molecule has 11 nitrogen and oxygen atoms in total. The van der Waals surface area contributed by atoms with Crippen molar-refractivity contribution in [2.24, 2.45) is 17.8 Å². The van der Waals surface area contributed by atoms with Gasteiger partial charge in [-0.05, 0) is 37.6 Å². The number of benzene rings is 1. The van der Waals surface area contributed by atoms with E-state index in [9.17, 15) is 34.9 Å². The third kappa shape index (κ3) is 3.95. The van der Waals surface area contributed by atoms with Crippen molar-refractivity contribution in [2.75, 3.05) is 19.6 Å². The maximum Gasteiger partial charge on any atom is 0.362 e. The zero-order chi connectivity index (χ0) is 24.7. The van der Waals surface area contributed by atoms with Crippen molar-refractivity contribution in [2.45, 2.75) is 32.4 Å². The summed E-state index contributed by atoms with van der Waals surface area (Å²) in [6.07, 6.45) is -0.191. The topological polar surface area (TPSA) is 154 Å². The second-order valence-corrected chi connectivity index (χ2v) is 8.96. The number of fused-ring (bicyclic) bond motifs is 1. The minimum absolute atomic E-state index is 0.00457. The van der Waals surface area contributed by atoms with E-state index in [1.54, 1.807) is 0 Å². The van der Waals surface area contributed by atoms with Gasteiger partial charge in [-0.3, -0.25) is 19.8 Å². The molecule has 2 fully saturated rings. The Morgan fingerprint density at radius 3 is 2.56 bits per heavy atom. The Bertz CT molecular complexity index is 1120. The van der Waals surface area contributed by atoms with E-state index < -0.39 is 40.8 Å². The summed E-state index contributed by atoms with van der Waals surface area (Å²) in [5.74, 6) is -3.41. The number of nitrogens with zero attached hydrogens (tertiary/aromatic N) is 4. The standard InChI is InChI=1S/C23H24N4O7/c1-12-17(11-25-8-7-14(9-24)10-25)20(26-19(12)18(13(2)28)21(26)29)23(31)34-22(30)15-3-5-16(6-4-15)27(32)33/h3-6,12-14,18-19,28H,7-8,10-11H2,1-2H3/t12-,13+,14+,18?,19+/m0/s1. The lowest BCUT2D eigenvalue weighted by Gasteiger charge is -2.46. The number of hydrogen-bond donors (Lipinski definition) is 1. The number of non-ortho nitro benzene ring substituents is 1. The fourth-order valence-corrected chi connectivity index (χ4v) is 5.08. The summed E-state index contributed by atoms with van der Waals surface area (Å²) in [6, 6.07) is 6.46. The van der Waals surface area contributed by atoms with E-state index in [2.05, 4.69) is 6.07 Å². The first-order valence-corrected chi connectivity index (χ1v) is 11.0. The molecule has 3 aliphatic heterocycles. The SMILES string of the molecule is C[C@@H](O)C1C(=O)N2C(C(=O)OC(=O)c3ccc([N+](=O)[O-])cc3)=C(CN3CC[C@H](C#N)C3)[C@H](C)[C@H]12. The van der Waals surface area contributed by atoms with Crippen LogP contribution in [0.4, 0.5) is 5.69 Å². The lowest BCUT2D eigenvalue weighted by atomic mass is 9.77. The number of amides is 1. The lowest BCUT2D eigenvalue weighted by molar-refractivity contribution is -0.384. The highest BCUT2D eigenvalue weighted by molar-refractivity contribution is 6.06. The normalized spacial score (nSPS) is 27.1. The quantitative estimate of drug-likeness (QED) is 0.213. The Labute approximate surface area is 195 Å². The minimum atomic E-state index is -0.992. The van der Waals surface area contributed by atoms with Gasteiger partial charge in [-0.2, -0.15) is 5.26 Å². The number of carbonyl (C=O) groups excluding carboxylic acids is 3. The largest absolute Gasteiger partial charge is 0.393 e. The van der Waals surface area contributed by atoms with Crippen molar-refractivity contribution >= 4 is 23.5 Å². The van der Waals surface area contributed by atoms with Crippen LogP contribution in [0.2, 0.25) is 0 Å². The predicted octanol–water partition coefficient (Wildman–Crippen LogP) is 1.24. The number of ether oxygens (including phenoxy) is 1. The number of esters is 2. The molecular weight excluding hydrogens is 444 g/mol. The van der Waals surface area contributed by atoms with Gasteiger partial charge in [0.1, 0.15) is 5.70 Å². The average molecular weight is 468 g/mol. The summed E-state index contributed by atoms with van der Waals surface area (Å²) in [7, 11) is 0. The van der Waals surface area contributed by atoms with Gasteiger partial charge in [0, 0.05) is 31.1 Å². The van der Waals surface area contributed by atoms with E-state index >= 15 is 0 Å². The molecule has 178 valence electrons. The van der Waals surface area contributed by atoms with Crippen LogP contribution in [0, 0.1) is 39.2 Å². The highest BCUT2D eigenvalue weighted by Gasteiger charge is 2.60. The molecule has 3 heterocycles. The number of hydrogen-bond acceptors (Lipinski definition) is 9. The highest BCUT2D eigenvalue weighted by Crippen LogP contribution is 2.47. The summed E-state index contributed by atoms with van der Waals surface area (Å²) in [6.45, 7) is 4.93. The number of β-lactam (4-membered cyclic amide) rings is 1. The van der Waals surface area contributed by atoms with E-state index in [1.807, 2.05) is 11.8 Å². The number of aliphatic hydroxyl groups is 1. The maximum atomic E-state index is 13.1. The van der Waals surface area contributed by atoms with Gasteiger partial charge >= 0.3 is 11.9 Å². The first-order valence-electron chi connectivity index (χ1n) is 11.0. The van der Waals surface area contributed by atoms with E-state index in [1.165, 1.54) is 24.0 Å². The molecule has 3 aliphatic rings. The van der Waals surface area contributed by atoms with Crippen molar-refractivity contribution in [1.82, 2.24) is 9.80 Å². The molecule has 4 rings (SSSR count). The van der Waals surface area contributed by atoms with Gasteiger partial charge in [0.25, 0.3) is 5.69 Å².